The molecule has 0 aliphatic heterocycles. The highest BCUT2D eigenvalue weighted by Gasteiger charge is 2.42. The van der Waals surface area contributed by atoms with Gasteiger partial charge in [0.25, 0.3) is 0 Å². The Labute approximate surface area is 321 Å². The monoisotopic (exact) mass is 824 g/mol. The number of aromatic nitrogens is 4. The summed E-state index contributed by atoms with van der Waals surface area (Å²) >= 11 is 0. The SMILES string of the molecule is CC(CN([C@@H]1Cc2ccc(-n3nc(C(F)(F)F)cc3C3CC3)cc2C1)S(=O)(=O)C(C)C)S(=O)(=O)N[C@H]1Cc2ccc(-n3nc(C(F)(F)F)cc3C3CC3)cc2C1. The third-order valence-corrected chi connectivity index (χ3v) is 15.5. The summed E-state index contributed by atoms with van der Waals surface area (Å²) in [6.45, 7) is 4.19. The van der Waals surface area contributed by atoms with E-state index in [4.69, 9.17) is 0 Å². The van der Waals surface area contributed by atoms with Gasteiger partial charge in [0.2, 0.25) is 20.0 Å². The van der Waals surface area contributed by atoms with Crippen LogP contribution in [0.2, 0.25) is 0 Å². The summed E-state index contributed by atoms with van der Waals surface area (Å²) < 4.78 is 143. The van der Waals surface area contributed by atoms with Gasteiger partial charge in [0.15, 0.2) is 11.4 Å². The first-order valence-corrected chi connectivity index (χ1v) is 21.8. The molecule has 1 unspecified atom stereocenters. The maximum Gasteiger partial charge on any atom is 0.435 e. The molecule has 1 N–H and O–H groups in total. The lowest BCUT2D eigenvalue weighted by Crippen LogP contribution is -2.51. The van der Waals surface area contributed by atoms with Gasteiger partial charge in [-0.25, -0.2) is 30.9 Å². The highest BCUT2D eigenvalue weighted by molar-refractivity contribution is 7.90. The zero-order chi connectivity index (χ0) is 40.1. The highest BCUT2D eigenvalue weighted by Crippen LogP contribution is 2.45. The molecule has 302 valence electrons. The Bertz CT molecular complexity index is 2400. The Morgan fingerprint density at radius 1 is 0.696 bits per heavy atom. The molecule has 2 fully saturated rings. The van der Waals surface area contributed by atoms with Gasteiger partial charge < -0.3 is 0 Å². The minimum atomic E-state index is -4.60. The van der Waals surface area contributed by atoms with Crippen LogP contribution >= 0.6 is 0 Å². The zero-order valence-corrected chi connectivity index (χ0v) is 32.5. The van der Waals surface area contributed by atoms with Crippen LogP contribution in [0, 0.1) is 0 Å². The van der Waals surface area contributed by atoms with E-state index in [2.05, 4.69) is 14.9 Å². The van der Waals surface area contributed by atoms with E-state index in [1.54, 1.807) is 36.4 Å². The van der Waals surface area contributed by atoms with Crippen molar-refractivity contribution in [3.8, 4) is 11.4 Å². The summed E-state index contributed by atoms with van der Waals surface area (Å²) in [6, 6.07) is 11.4. The molecule has 8 rings (SSSR count). The van der Waals surface area contributed by atoms with Gasteiger partial charge in [-0.1, -0.05) is 12.1 Å². The summed E-state index contributed by atoms with van der Waals surface area (Å²) in [4.78, 5) is 0. The molecule has 0 amide bonds. The Morgan fingerprint density at radius 2 is 1.14 bits per heavy atom. The van der Waals surface area contributed by atoms with E-state index in [0.717, 1.165) is 60.1 Å². The number of nitrogens with one attached hydrogen (secondary N) is 1. The van der Waals surface area contributed by atoms with Gasteiger partial charge in [-0.3, -0.25) is 0 Å². The predicted molar refractivity (Wildman–Crippen MR) is 196 cm³/mol. The number of alkyl halides is 6. The van der Waals surface area contributed by atoms with Gasteiger partial charge in [-0.15, -0.1) is 0 Å². The maximum absolute atomic E-state index is 13.8. The number of benzene rings is 2. The number of fused-ring (bicyclic) bond motifs is 2. The Kier molecular flexibility index (Phi) is 9.56. The first kappa shape index (κ1) is 39.1. The smallest absolute Gasteiger partial charge is 0.237 e. The average Bonchev–Trinajstić information content (AvgIpc) is 3.93. The Hall–Kier alpha value is -3.74. The largest absolute Gasteiger partial charge is 0.435 e. The Morgan fingerprint density at radius 3 is 1.61 bits per heavy atom. The molecule has 3 atom stereocenters. The molecule has 2 saturated carbocycles. The van der Waals surface area contributed by atoms with Crippen LogP contribution in [-0.4, -0.2) is 69.8 Å². The lowest BCUT2D eigenvalue weighted by Gasteiger charge is -2.32. The predicted octanol–water partition coefficient (Wildman–Crippen LogP) is 6.83. The van der Waals surface area contributed by atoms with Crippen molar-refractivity contribution >= 4 is 20.0 Å². The second-order valence-electron chi connectivity index (χ2n) is 16.0. The van der Waals surface area contributed by atoms with E-state index in [9.17, 15) is 43.2 Å². The van der Waals surface area contributed by atoms with Crippen LogP contribution in [0.15, 0.2) is 48.5 Å². The van der Waals surface area contributed by atoms with Gasteiger partial charge in [0.05, 0.1) is 21.9 Å². The molecule has 18 heteroatoms. The molecule has 10 nitrogen and oxygen atoms in total. The van der Waals surface area contributed by atoms with Crippen molar-refractivity contribution < 1.29 is 43.2 Å². The van der Waals surface area contributed by atoms with Gasteiger partial charge in [-0.2, -0.15) is 40.8 Å². The number of nitrogens with zero attached hydrogens (tertiary/aromatic N) is 5. The molecule has 4 aliphatic rings. The third kappa shape index (κ3) is 7.53. The van der Waals surface area contributed by atoms with E-state index in [1.807, 2.05) is 0 Å². The molecule has 4 aliphatic carbocycles. The minimum Gasteiger partial charge on any atom is -0.237 e. The van der Waals surface area contributed by atoms with Crippen molar-refractivity contribution in [3.05, 3.63) is 93.6 Å². The van der Waals surface area contributed by atoms with Gasteiger partial charge in [0.1, 0.15) is 0 Å². The number of hydrogen-bond acceptors (Lipinski definition) is 6. The van der Waals surface area contributed by atoms with Crippen LogP contribution in [0.1, 0.15) is 103 Å². The second kappa shape index (κ2) is 13.7. The van der Waals surface area contributed by atoms with Crippen LogP contribution in [-0.2, 0) is 58.1 Å². The maximum atomic E-state index is 13.8. The standard InChI is InChI=1S/C38H42F6N6O4S2/c1-21(2)56(53,54)48(32-14-26-9-11-31(16-28(26)17-32)50-34(24-6-7-24)19-36(46-50)38(42,43)44)20-22(3)55(51,52)47-29-12-25-8-10-30(15-27(25)13-29)49-33(23-4-5-23)18-35(45-49)37(39,40)41/h8-11,15-16,18-19,21-24,29,32,47H,4-7,12-14,17,20H2,1-3H3/t22?,29-,32+/m0/s1. The molecular formula is C38H42F6N6O4S2. The summed E-state index contributed by atoms with van der Waals surface area (Å²) in [6.07, 6.45) is -4.92. The first-order valence-electron chi connectivity index (χ1n) is 18.8. The Balaban J connectivity index is 0.979. The van der Waals surface area contributed by atoms with E-state index >= 15 is 0 Å². The van der Waals surface area contributed by atoms with Crippen molar-refractivity contribution in [1.29, 1.82) is 0 Å². The summed E-state index contributed by atoms with van der Waals surface area (Å²) in [5, 5.41) is 5.74. The average molecular weight is 825 g/mol. The van der Waals surface area contributed by atoms with Crippen molar-refractivity contribution in [3.63, 3.8) is 0 Å². The van der Waals surface area contributed by atoms with Gasteiger partial charge in [0, 0.05) is 41.9 Å². The fraction of sp³-hybridized carbons (Fsp3) is 0.526. The highest BCUT2D eigenvalue weighted by atomic mass is 32.2. The molecule has 2 aromatic heterocycles. The van der Waals surface area contributed by atoms with Crippen molar-refractivity contribution in [2.45, 2.75) is 119 Å². The summed E-state index contributed by atoms with van der Waals surface area (Å²) in [7, 11) is -8.06. The van der Waals surface area contributed by atoms with E-state index in [-0.39, 0.29) is 24.8 Å². The van der Waals surface area contributed by atoms with Crippen molar-refractivity contribution in [1.82, 2.24) is 28.6 Å². The molecule has 0 radical (unpaired) electrons. The zero-order valence-electron chi connectivity index (χ0n) is 30.9. The fourth-order valence-corrected chi connectivity index (χ4v) is 10.8. The first-order chi connectivity index (χ1) is 26.2. The molecule has 2 aromatic carbocycles. The van der Waals surface area contributed by atoms with Crippen molar-refractivity contribution in [2.24, 2.45) is 0 Å². The lowest BCUT2D eigenvalue weighted by atomic mass is 10.1. The van der Waals surface area contributed by atoms with Crippen LogP contribution in [0.25, 0.3) is 11.4 Å². The van der Waals surface area contributed by atoms with Crippen LogP contribution < -0.4 is 4.72 Å². The van der Waals surface area contributed by atoms with Crippen LogP contribution in [0.4, 0.5) is 26.3 Å². The fourth-order valence-electron chi connectivity index (χ4n) is 7.99. The quantitative estimate of drug-likeness (QED) is 0.157. The van der Waals surface area contributed by atoms with Gasteiger partial charge in [-0.05, 0) is 131 Å². The molecule has 0 bridgehead atoms. The van der Waals surface area contributed by atoms with Crippen LogP contribution in [0.3, 0.4) is 0 Å². The number of halogens is 6. The molecule has 4 aromatic rings. The second-order valence-corrected chi connectivity index (χ2v) is 20.6. The van der Waals surface area contributed by atoms with Crippen molar-refractivity contribution in [2.75, 3.05) is 6.54 Å². The number of hydrogen-bond donors (Lipinski definition) is 1. The molecular weight excluding hydrogens is 783 g/mol. The normalized spacial score (nSPS) is 20.9. The topological polar surface area (TPSA) is 119 Å². The molecule has 0 saturated heterocycles. The van der Waals surface area contributed by atoms with Gasteiger partial charge >= 0.3 is 12.4 Å². The number of rotatable bonds is 12. The molecule has 0 spiro atoms. The third-order valence-electron chi connectivity index (χ3n) is 11.4. The molecule has 2 heterocycles. The van der Waals surface area contributed by atoms with E-state index in [1.165, 1.54) is 34.4 Å². The summed E-state index contributed by atoms with van der Waals surface area (Å²) in [5.74, 6) is -0.0168. The van der Waals surface area contributed by atoms with E-state index in [0.29, 0.717) is 42.0 Å². The van der Waals surface area contributed by atoms with E-state index < -0.39 is 66.4 Å². The number of sulfonamides is 2. The lowest BCUT2D eigenvalue weighted by molar-refractivity contribution is -0.142. The molecule has 56 heavy (non-hydrogen) atoms. The minimum absolute atomic E-state index is 0.000235. The summed E-state index contributed by atoms with van der Waals surface area (Å²) in [5.41, 5.74) is 3.18. The van der Waals surface area contributed by atoms with Crippen LogP contribution in [0.5, 0.6) is 0 Å².